The predicted molar refractivity (Wildman–Crippen MR) is 136 cm³/mol. The molecule has 3 nitrogen and oxygen atoms in total. The van der Waals surface area contributed by atoms with Gasteiger partial charge in [0.15, 0.2) is 11.6 Å². The van der Waals surface area contributed by atoms with E-state index in [4.69, 9.17) is 34.8 Å². The van der Waals surface area contributed by atoms with E-state index in [0.29, 0.717) is 33.6 Å². The van der Waals surface area contributed by atoms with E-state index in [1.54, 1.807) is 17.2 Å². The molecule has 8 heteroatoms. The second-order valence-electron chi connectivity index (χ2n) is 9.01. The molecule has 35 heavy (non-hydrogen) atoms. The fraction of sp³-hybridized carbons (Fsp3) is 0.333. The topological polar surface area (TPSA) is 33.2 Å². The number of aromatic nitrogens is 1. The van der Waals surface area contributed by atoms with Gasteiger partial charge in [0.25, 0.3) is 0 Å². The van der Waals surface area contributed by atoms with Gasteiger partial charge in [0.05, 0.1) is 5.02 Å². The lowest BCUT2D eigenvalue weighted by atomic mass is 9.64. The number of hydrogen-bond donors (Lipinski definition) is 0. The lowest BCUT2D eigenvalue weighted by molar-refractivity contribution is -0.132. The normalized spacial score (nSPS) is 23.7. The van der Waals surface area contributed by atoms with E-state index in [2.05, 4.69) is 4.98 Å². The Balaban J connectivity index is 0.00000289. The lowest BCUT2D eigenvalue weighted by Crippen LogP contribution is -2.33. The van der Waals surface area contributed by atoms with Crippen molar-refractivity contribution in [3.63, 3.8) is 0 Å². The van der Waals surface area contributed by atoms with E-state index in [1.807, 2.05) is 24.3 Å². The summed E-state index contributed by atoms with van der Waals surface area (Å²) in [7, 11) is 0. The molecule has 0 bridgehead atoms. The highest BCUT2D eigenvalue weighted by atomic mass is 35.5. The molecule has 4 atom stereocenters. The maximum atomic E-state index is 13.7. The van der Waals surface area contributed by atoms with Gasteiger partial charge >= 0.3 is 0 Å². The van der Waals surface area contributed by atoms with Crippen LogP contribution in [-0.4, -0.2) is 22.3 Å². The zero-order chi connectivity index (χ0) is 24.0. The van der Waals surface area contributed by atoms with Crippen molar-refractivity contribution in [1.82, 2.24) is 9.88 Å². The van der Waals surface area contributed by atoms with Crippen molar-refractivity contribution in [3.05, 3.63) is 98.3 Å². The van der Waals surface area contributed by atoms with Gasteiger partial charge in [-0.3, -0.25) is 9.78 Å². The number of hydrogen-bond acceptors (Lipinski definition) is 2. The molecule has 3 aromatic rings. The molecule has 184 valence electrons. The van der Waals surface area contributed by atoms with Crippen LogP contribution in [0.2, 0.25) is 15.1 Å². The lowest BCUT2D eigenvalue weighted by Gasteiger charge is -2.39. The van der Waals surface area contributed by atoms with Crippen LogP contribution in [0.5, 0.6) is 0 Å². The molecule has 0 radical (unpaired) electrons. The smallest absolute Gasteiger partial charge is 0.226 e. The van der Waals surface area contributed by atoms with Crippen LogP contribution in [0, 0.1) is 23.5 Å². The van der Waals surface area contributed by atoms with Gasteiger partial charge in [-0.15, -0.1) is 0 Å². The third-order valence-electron chi connectivity index (χ3n) is 7.07. The highest BCUT2D eigenvalue weighted by Gasteiger charge is 2.50. The summed E-state index contributed by atoms with van der Waals surface area (Å²) in [5, 5.41) is 1.70. The summed E-state index contributed by atoms with van der Waals surface area (Å²) in [6.07, 6.45) is 3.10. The minimum atomic E-state index is -0.915. The third-order valence-corrected chi connectivity index (χ3v) is 7.86. The third kappa shape index (κ3) is 5.04. The van der Waals surface area contributed by atoms with Crippen molar-refractivity contribution < 1.29 is 13.6 Å². The molecule has 0 N–H and O–H groups in total. The maximum absolute atomic E-state index is 13.7. The molecule has 5 rings (SSSR count). The molecule has 1 saturated heterocycles. The first-order valence-corrected chi connectivity index (χ1v) is 12.2. The van der Waals surface area contributed by atoms with Crippen molar-refractivity contribution in [1.29, 1.82) is 0 Å². The molecular formula is C27H25Cl3F2N2O. The zero-order valence-electron chi connectivity index (χ0n) is 18.0. The molecule has 2 aliphatic rings. The first kappa shape index (κ1) is 25.9. The van der Waals surface area contributed by atoms with Crippen LogP contribution in [0.1, 0.15) is 48.9 Å². The Morgan fingerprint density at radius 1 is 0.914 bits per heavy atom. The Bertz CT molecular complexity index is 1240. The van der Waals surface area contributed by atoms with Crippen LogP contribution in [0.15, 0.2) is 54.7 Å². The Morgan fingerprint density at radius 2 is 1.66 bits per heavy atom. The van der Waals surface area contributed by atoms with Gasteiger partial charge in [0.2, 0.25) is 5.91 Å². The number of nitrogens with zero attached hydrogens (tertiary/aromatic N) is 2. The second-order valence-corrected chi connectivity index (χ2v) is 10.3. The molecule has 2 heterocycles. The Labute approximate surface area is 219 Å². The number of benzene rings is 2. The SMILES string of the molecule is C.O=C1[C@@H]2CC[C@H](c3ccc(Cl)cc3Cl)[C@H](c3ccc(Cl)cn3)[C@@H]2CN1Cc1ccc(F)c(F)c1. The minimum Gasteiger partial charge on any atom is -0.338 e. The van der Waals surface area contributed by atoms with Crippen LogP contribution in [0.4, 0.5) is 8.78 Å². The van der Waals surface area contributed by atoms with E-state index in [1.165, 1.54) is 6.07 Å². The minimum absolute atomic E-state index is 0. The summed E-state index contributed by atoms with van der Waals surface area (Å²) >= 11 is 18.8. The number of fused-ring (bicyclic) bond motifs is 1. The van der Waals surface area contributed by atoms with Crippen molar-refractivity contribution >= 4 is 40.7 Å². The Morgan fingerprint density at radius 3 is 2.34 bits per heavy atom. The van der Waals surface area contributed by atoms with Gasteiger partial charge in [0, 0.05) is 46.9 Å². The second kappa shape index (κ2) is 10.4. The standard InChI is InChI=1S/C26H21Cl3F2N2O.CH4/c27-15-2-4-17(21(29)10-15)18-5-6-19-20(25(18)24-8-3-16(28)11-32-24)13-33(26(19)34)12-14-1-7-22(30)23(31)9-14;/h1-4,7-11,18-20,25H,5-6,12-13H2;1H4/t18-,19-,20-,25+;/m1./s1. The number of carbonyl (C=O) groups excluding carboxylic acids is 1. The van der Waals surface area contributed by atoms with Gasteiger partial charge in [-0.25, -0.2) is 8.78 Å². The van der Waals surface area contributed by atoms with Gasteiger partial charge in [-0.05, 0) is 72.2 Å². The van der Waals surface area contributed by atoms with Gasteiger partial charge in [0.1, 0.15) is 0 Å². The number of carbonyl (C=O) groups is 1. The summed E-state index contributed by atoms with van der Waals surface area (Å²) in [4.78, 5) is 19.7. The predicted octanol–water partition coefficient (Wildman–Crippen LogP) is 7.89. The molecule has 2 aromatic carbocycles. The van der Waals surface area contributed by atoms with Gasteiger partial charge in [-0.2, -0.15) is 0 Å². The molecule has 0 unspecified atom stereocenters. The monoisotopic (exact) mass is 536 g/mol. The Kier molecular flexibility index (Phi) is 7.70. The van der Waals surface area contributed by atoms with E-state index in [9.17, 15) is 13.6 Å². The molecule has 0 spiro atoms. The van der Waals surface area contributed by atoms with E-state index in [-0.39, 0.29) is 43.6 Å². The number of amides is 1. The highest BCUT2D eigenvalue weighted by molar-refractivity contribution is 6.35. The summed E-state index contributed by atoms with van der Waals surface area (Å²) in [5.74, 6) is -1.96. The summed E-state index contributed by atoms with van der Waals surface area (Å²) in [6.45, 7) is 0.731. The molecule has 1 amide bonds. The molecule has 1 aliphatic carbocycles. The first-order chi connectivity index (χ1) is 16.3. The molecular weight excluding hydrogens is 513 g/mol. The van der Waals surface area contributed by atoms with Gasteiger partial charge in [-0.1, -0.05) is 54.4 Å². The molecule has 1 aliphatic heterocycles. The number of halogens is 5. The van der Waals surface area contributed by atoms with Crippen molar-refractivity contribution in [3.8, 4) is 0 Å². The average Bonchev–Trinajstić information content (AvgIpc) is 3.12. The molecule has 1 saturated carbocycles. The van der Waals surface area contributed by atoms with Crippen LogP contribution in [0.25, 0.3) is 0 Å². The summed E-state index contributed by atoms with van der Waals surface area (Å²) in [6, 6.07) is 13.0. The summed E-state index contributed by atoms with van der Waals surface area (Å²) < 4.78 is 27.1. The van der Waals surface area contributed by atoms with E-state index >= 15 is 0 Å². The van der Waals surface area contributed by atoms with Gasteiger partial charge < -0.3 is 4.90 Å². The number of likely N-dealkylation sites (tertiary alicyclic amines) is 1. The number of pyridine rings is 1. The highest BCUT2D eigenvalue weighted by Crippen LogP contribution is 2.53. The fourth-order valence-corrected chi connectivity index (χ4v) is 6.25. The largest absolute Gasteiger partial charge is 0.338 e. The van der Waals surface area contributed by atoms with Crippen molar-refractivity contribution in [2.24, 2.45) is 11.8 Å². The fourth-order valence-electron chi connectivity index (χ4n) is 5.59. The van der Waals surface area contributed by atoms with Crippen LogP contribution in [0.3, 0.4) is 0 Å². The first-order valence-electron chi connectivity index (χ1n) is 11.1. The maximum Gasteiger partial charge on any atom is 0.226 e. The van der Waals surface area contributed by atoms with Crippen LogP contribution in [-0.2, 0) is 11.3 Å². The van der Waals surface area contributed by atoms with E-state index < -0.39 is 11.6 Å². The number of rotatable bonds is 4. The van der Waals surface area contributed by atoms with Crippen molar-refractivity contribution in [2.45, 2.75) is 38.6 Å². The average molecular weight is 538 g/mol. The van der Waals surface area contributed by atoms with Crippen LogP contribution < -0.4 is 0 Å². The zero-order valence-corrected chi connectivity index (χ0v) is 20.3. The van der Waals surface area contributed by atoms with Crippen molar-refractivity contribution in [2.75, 3.05) is 6.54 Å². The van der Waals surface area contributed by atoms with Crippen LogP contribution >= 0.6 is 34.8 Å². The molecule has 2 fully saturated rings. The Hall–Kier alpha value is -2.21. The molecule has 1 aromatic heterocycles. The quantitative estimate of drug-likeness (QED) is 0.339. The summed E-state index contributed by atoms with van der Waals surface area (Å²) in [5.41, 5.74) is 2.40. The van der Waals surface area contributed by atoms with E-state index in [0.717, 1.165) is 29.8 Å².